The van der Waals surface area contributed by atoms with Gasteiger partial charge in [0.2, 0.25) is 12.7 Å². The van der Waals surface area contributed by atoms with Gasteiger partial charge in [0.1, 0.15) is 5.82 Å². The van der Waals surface area contributed by atoms with E-state index in [-0.39, 0.29) is 23.9 Å². The number of benzene rings is 2. The highest BCUT2D eigenvalue weighted by Crippen LogP contribution is 2.40. The molecule has 1 amide bonds. The molecule has 0 radical (unpaired) electrons. The van der Waals surface area contributed by atoms with Crippen molar-refractivity contribution in [2.24, 2.45) is 0 Å². The highest BCUT2D eigenvalue weighted by molar-refractivity contribution is 7.99. The van der Waals surface area contributed by atoms with Gasteiger partial charge < -0.3 is 19.5 Å². The number of rotatable bonds is 7. The van der Waals surface area contributed by atoms with Gasteiger partial charge in [-0.05, 0) is 68.5 Å². The van der Waals surface area contributed by atoms with Crippen LogP contribution in [0.4, 0.5) is 0 Å². The maximum atomic E-state index is 12.9. The van der Waals surface area contributed by atoms with Gasteiger partial charge in [-0.3, -0.25) is 9.36 Å². The maximum absolute atomic E-state index is 12.9. The smallest absolute Gasteiger partial charge is 0.231 e. The largest absolute Gasteiger partial charge is 0.454 e. The molecule has 35 heavy (non-hydrogen) atoms. The van der Waals surface area contributed by atoms with Crippen LogP contribution in [0.15, 0.2) is 41.6 Å². The quantitative estimate of drug-likeness (QED) is 0.499. The van der Waals surface area contributed by atoms with Crippen LogP contribution in [-0.4, -0.2) is 53.0 Å². The summed E-state index contributed by atoms with van der Waals surface area (Å²) in [4.78, 5) is 12.9. The maximum Gasteiger partial charge on any atom is 0.231 e. The summed E-state index contributed by atoms with van der Waals surface area (Å²) >= 11 is 1.40. The Morgan fingerprint density at radius 3 is 2.69 bits per heavy atom. The molecular weight excluding hydrogens is 464 g/mol. The molecule has 0 atom stereocenters. The van der Waals surface area contributed by atoms with Crippen LogP contribution in [0.1, 0.15) is 35.4 Å². The number of carbonyl (C=O) groups excluding carboxylic acids is 1. The predicted octanol–water partition coefficient (Wildman–Crippen LogP) is 3.88. The Hall–Kier alpha value is -3.04. The zero-order chi connectivity index (χ0) is 24.4. The molecule has 0 bridgehead atoms. The molecule has 0 unspecified atom stereocenters. The summed E-state index contributed by atoms with van der Waals surface area (Å²) in [6.07, 6.45) is 1.67. The number of aromatic nitrogens is 3. The minimum absolute atomic E-state index is 0.0326. The second-order valence-corrected chi connectivity index (χ2v) is 10.1. The van der Waals surface area contributed by atoms with Crippen molar-refractivity contribution in [2.75, 3.05) is 32.3 Å². The van der Waals surface area contributed by atoms with E-state index in [1.54, 1.807) is 0 Å². The van der Waals surface area contributed by atoms with Crippen molar-refractivity contribution in [2.45, 2.75) is 44.2 Å². The van der Waals surface area contributed by atoms with Crippen molar-refractivity contribution >= 4 is 17.7 Å². The molecule has 1 N–H and O–H groups in total. The molecule has 9 heteroatoms. The molecule has 2 aliphatic heterocycles. The minimum atomic E-state index is -0.200. The molecule has 5 rings (SSSR count). The number of nitrogens with zero attached hydrogens (tertiary/aromatic N) is 3. The highest BCUT2D eigenvalue weighted by atomic mass is 32.2. The zero-order valence-electron chi connectivity index (χ0n) is 20.3. The summed E-state index contributed by atoms with van der Waals surface area (Å²) in [6.45, 7) is 8.18. The molecule has 2 aromatic carbocycles. The first-order valence-corrected chi connectivity index (χ1v) is 12.8. The first-order valence-electron chi connectivity index (χ1n) is 11.8. The van der Waals surface area contributed by atoms with E-state index in [4.69, 9.17) is 14.2 Å². The molecule has 0 aliphatic carbocycles. The average molecular weight is 495 g/mol. The summed E-state index contributed by atoms with van der Waals surface area (Å²) < 4.78 is 18.7. The zero-order valence-corrected chi connectivity index (χ0v) is 21.1. The van der Waals surface area contributed by atoms with E-state index in [0.29, 0.717) is 24.9 Å². The van der Waals surface area contributed by atoms with E-state index >= 15 is 0 Å². The van der Waals surface area contributed by atoms with Gasteiger partial charge in [0, 0.05) is 25.2 Å². The second kappa shape index (κ2) is 9.91. The van der Waals surface area contributed by atoms with Gasteiger partial charge in [0.25, 0.3) is 0 Å². The van der Waals surface area contributed by atoms with E-state index in [2.05, 4.69) is 53.6 Å². The van der Waals surface area contributed by atoms with E-state index in [0.717, 1.165) is 52.5 Å². The number of hydrogen-bond donors (Lipinski definition) is 1. The molecule has 184 valence electrons. The Kier molecular flexibility index (Phi) is 6.71. The molecule has 0 saturated carbocycles. The van der Waals surface area contributed by atoms with Crippen molar-refractivity contribution in [1.82, 2.24) is 20.1 Å². The Morgan fingerprint density at radius 1 is 1.06 bits per heavy atom. The first-order chi connectivity index (χ1) is 16.9. The van der Waals surface area contributed by atoms with Crippen LogP contribution in [0.3, 0.4) is 0 Å². The van der Waals surface area contributed by atoms with Gasteiger partial charge in [-0.1, -0.05) is 30.0 Å². The van der Waals surface area contributed by atoms with Crippen molar-refractivity contribution in [3.63, 3.8) is 0 Å². The molecular formula is C26H30N4O4S. The standard InChI is InChI=1S/C26H30N4O4S/c1-17-4-5-18(2)21(12-17)30-19(3)28-29-25(30)35-14-24(31)27-15-26(8-10-32-11-9-26)20-6-7-22-23(13-20)34-16-33-22/h4-7,12-13H,8-11,14-16H2,1-3H3,(H,27,31). The minimum Gasteiger partial charge on any atom is -0.454 e. The van der Waals surface area contributed by atoms with E-state index in [1.807, 2.05) is 23.6 Å². The third kappa shape index (κ3) is 4.88. The van der Waals surface area contributed by atoms with E-state index in [9.17, 15) is 4.79 Å². The fourth-order valence-corrected chi connectivity index (χ4v) is 5.50. The van der Waals surface area contributed by atoms with Gasteiger partial charge >= 0.3 is 0 Å². The normalized spacial score (nSPS) is 16.3. The third-order valence-corrected chi connectivity index (χ3v) is 7.72. The summed E-state index contributed by atoms with van der Waals surface area (Å²) in [6, 6.07) is 12.4. The van der Waals surface area contributed by atoms with Crippen LogP contribution in [0.5, 0.6) is 11.5 Å². The number of ether oxygens (including phenoxy) is 3. The number of aryl methyl sites for hydroxylation is 3. The lowest BCUT2D eigenvalue weighted by molar-refractivity contribution is -0.119. The molecule has 2 aliphatic rings. The van der Waals surface area contributed by atoms with Crippen LogP contribution in [0.25, 0.3) is 5.69 Å². The average Bonchev–Trinajstić information content (AvgIpc) is 3.49. The monoisotopic (exact) mass is 494 g/mol. The second-order valence-electron chi connectivity index (χ2n) is 9.18. The molecule has 8 nitrogen and oxygen atoms in total. The van der Waals surface area contributed by atoms with E-state index < -0.39 is 0 Å². The Morgan fingerprint density at radius 2 is 1.86 bits per heavy atom. The van der Waals surface area contributed by atoms with Crippen molar-refractivity contribution in [3.8, 4) is 17.2 Å². The first kappa shape index (κ1) is 23.7. The predicted molar refractivity (Wildman–Crippen MR) is 134 cm³/mol. The summed E-state index contributed by atoms with van der Waals surface area (Å²) in [7, 11) is 0. The van der Waals surface area contributed by atoms with Crippen LogP contribution < -0.4 is 14.8 Å². The molecule has 1 saturated heterocycles. The summed E-state index contributed by atoms with van der Waals surface area (Å²) in [5.74, 6) is 2.55. The topological polar surface area (TPSA) is 87.5 Å². The van der Waals surface area contributed by atoms with Crippen LogP contribution in [0, 0.1) is 20.8 Å². The Bertz CT molecular complexity index is 1240. The van der Waals surface area contributed by atoms with Gasteiger partial charge in [0.15, 0.2) is 16.7 Å². The molecule has 3 aromatic rings. The van der Waals surface area contributed by atoms with Crippen molar-refractivity contribution < 1.29 is 19.0 Å². The number of amides is 1. The van der Waals surface area contributed by atoms with Gasteiger partial charge in [-0.15, -0.1) is 10.2 Å². The number of fused-ring (bicyclic) bond motifs is 1. The SMILES string of the molecule is Cc1ccc(C)c(-n2c(C)nnc2SCC(=O)NCC2(c3ccc4c(c3)OCO4)CCOCC2)c1. The van der Waals surface area contributed by atoms with Crippen molar-refractivity contribution in [1.29, 1.82) is 0 Å². The summed E-state index contributed by atoms with van der Waals surface area (Å²) in [5, 5.41) is 12.5. The van der Waals surface area contributed by atoms with Crippen LogP contribution in [0.2, 0.25) is 0 Å². The fraction of sp³-hybridized carbons (Fsp3) is 0.423. The third-order valence-electron chi connectivity index (χ3n) is 6.79. The van der Waals surface area contributed by atoms with Crippen molar-refractivity contribution in [3.05, 3.63) is 58.9 Å². The Balaban J connectivity index is 1.27. The number of thioether (sulfide) groups is 1. The highest BCUT2D eigenvalue weighted by Gasteiger charge is 2.36. The lowest BCUT2D eigenvalue weighted by Crippen LogP contribution is -2.45. The number of carbonyl (C=O) groups is 1. The molecule has 3 heterocycles. The molecule has 1 fully saturated rings. The summed E-state index contributed by atoms with van der Waals surface area (Å²) in [5.41, 5.74) is 4.28. The van der Waals surface area contributed by atoms with Gasteiger partial charge in [-0.2, -0.15) is 0 Å². The van der Waals surface area contributed by atoms with E-state index in [1.165, 1.54) is 11.8 Å². The Labute approximate surface area is 209 Å². The van der Waals surface area contributed by atoms with Crippen LogP contribution in [-0.2, 0) is 14.9 Å². The van der Waals surface area contributed by atoms with Gasteiger partial charge in [0.05, 0.1) is 11.4 Å². The van der Waals surface area contributed by atoms with Crippen LogP contribution >= 0.6 is 11.8 Å². The number of hydrogen-bond acceptors (Lipinski definition) is 7. The van der Waals surface area contributed by atoms with Gasteiger partial charge in [-0.25, -0.2) is 0 Å². The molecule has 1 aromatic heterocycles. The molecule has 0 spiro atoms. The fourth-order valence-electron chi connectivity index (χ4n) is 4.68. The number of nitrogens with one attached hydrogen (secondary N) is 1. The lowest BCUT2D eigenvalue weighted by atomic mass is 9.74. The lowest BCUT2D eigenvalue weighted by Gasteiger charge is -2.38.